The second-order valence-electron chi connectivity index (χ2n) is 3.31. The minimum atomic E-state index is -4.47. The fourth-order valence-electron chi connectivity index (χ4n) is 1.18. The first-order chi connectivity index (χ1) is 8.21. The molecule has 0 fully saturated rings. The average molecular weight is 561 g/mol. The number of phenolic OH excluding ortho intramolecular Hbond substituents is 1. The third-order valence-electron chi connectivity index (χ3n) is 1.77. The van der Waals surface area contributed by atoms with Gasteiger partial charge in [0.1, 0.15) is 17.7 Å². The van der Waals surface area contributed by atoms with E-state index in [-0.39, 0.29) is 32.1 Å². The Morgan fingerprint density at radius 1 is 1.28 bits per heavy atom. The fourth-order valence-corrected chi connectivity index (χ4v) is 1.18. The topological polar surface area (TPSA) is 32.6 Å². The van der Waals surface area contributed by atoms with E-state index in [9.17, 15) is 18.3 Å². The van der Waals surface area contributed by atoms with Crippen LogP contribution in [-0.4, -0.2) is 17.5 Å². The van der Waals surface area contributed by atoms with Gasteiger partial charge in [-0.25, -0.2) is 4.99 Å². The molecule has 0 aliphatic rings. The molecule has 0 amide bonds. The van der Waals surface area contributed by atoms with Gasteiger partial charge in [0.05, 0.1) is 0 Å². The van der Waals surface area contributed by atoms with Crippen LogP contribution in [0.25, 0.3) is 0 Å². The Labute approximate surface area is 125 Å². The normalized spacial score (nSPS) is 11.3. The molecule has 0 saturated carbocycles. The van der Waals surface area contributed by atoms with Gasteiger partial charge in [-0.2, -0.15) is 13.2 Å². The maximum absolute atomic E-state index is 11.8. The summed E-state index contributed by atoms with van der Waals surface area (Å²) in [5, 5.41) is 9.44. The van der Waals surface area contributed by atoms with Crippen molar-refractivity contribution < 1.29 is 32.7 Å². The molecule has 0 aliphatic heterocycles. The van der Waals surface area contributed by atoms with Crippen LogP contribution < -0.4 is 0 Å². The van der Waals surface area contributed by atoms with Crippen molar-refractivity contribution in [2.75, 3.05) is 0 Å². The summed E-state index contributed by atoms with van der Waals surface area (Å²) in [6.45, 7) is 3.33. The van der Waals surface area contributed by atoms with Crippen LogP contribution in [0.1, 0.15) is 11.1 Å². The van der Waals surface area contributed by atoms with E-state index in [2.05, 4.69) is 31.6 Å². The van der Waals surface area contributed by atoms with Gasteiger partial charge >= 0.3 is 47.2 Å². The Hall–Kier alpha value is 0.128. The van der Waals surface area contributed by atoms with Crippen LogP contribution in [0.15, 0.2) is 17.1 Å². The molecule has 1 aromatic carbocycles. The van der Waals surface area contributed by atoms with Crippen molar-refractivity contribution in [3.63, 3.8) is 0 Å². The summed E-state index contributed by atoms with van der Waals surface area (Å²) in [6, 6.07) is 3.06. The first-order valence-electron chi connectivity index (χ1n) is 4.52. The van der Waals surface area contributed by atoms with E-state index in [1.54, 1.807) is 19.9 Å². The van der Waals surface area contributed by atoms with Gasteiger partial charge in [-0.3, -0.25) is 0 Å². The van der Waals surface area contributed by atoms with Crippen LogP contribution in [0.5, 0.6) is 5.75 Å². The molecule has 0 radical (unpaired) electrons. The number of hydrogen-bond donors (Lipinski definition) is 1. The van der Waals surface area contributed by atoms with E-state index in [0.29, 0.717) is 5.56 Å². The molecule has 0 saturated heterocycles. The Kier molecular flexibility index (Phi) is 8.39. The number of alkyl halides is 3. The zero-order chi connectivity index (χ0) is 14.3. The van der Waals surface area contributed by atoms with E-state index in [4.69, 9.17) is 0 Å². The van der Waals surface area contributed by atoms with Crippen LogP contribution in [0.3, 0.4) is 0 Å². The van der Waals surface area contributed by atoms with Gasteiger partial charge < -0.3 is 5.11 Å². The number of hydrogen-bond acceptors (Lipinski definition) is 2. The molecule has 0 unspecified atom stereocenters. The number of halogens is 5. The van der Waals surface area contributed by atoms with Crippen molar-refractivity contribution in [3.8, 4) is 5.75 Å². The van der Waals surface area contributed by atoms with Crippen LogP contribution >= 0.6 is 26.6 Å². The number of aryl methyl sites for hydroxylation is 2. The van der Waals surface area contributed by atoms with Gasteiger partial charge in [-0.05, 0) is 31.0 Å². The molecule has 2 nitrogen and oxygen atoms in total. The van der Waals surface area contributed by atoms with Crippen LogP contribution in [0.2, 0.25) is 0 Å². The third kappa shape index (κ3) is 7.54. The minimum absolute atomic E-state index is 0.0650. The van der Waals surface area contributed by atoms with Crippen molar-refractivity contribution in [1.29, 1.82) is 0 Å². The predicted octanol–water partition coefficient (Wildman–Crippen LogP) is 4.96. The summed E-state index contributed by atoms with van der Waals surface area (Å²) < 4.78 is 35.5. The van der Waals surface area contributed by atoms with Crippen molar-refractivity contribution in [2.45, 2.75) is 20.0 Å². The summed E-state index contributed by atoms with van der Waals surface area (Å²) >= 11 is 6.33. The molecule has 18 heavy (non-hydrogen) atoms. The zero-order valence-corrected chi connectivity index (χ0v) is 15.5. The standard InChI is InChI=1S/C10H10F3NO.2BrH.W/c1-6-3-7(2)9(15)8(4-6)14-5-10(11,12)13;;;/h3-5,15H,1-2H3;2*1H;/q;;;+2/p-2. The van der Waals surface area contributed by atoms with Crippen molar-refractivity contribution in [2.24, 2.45) is 4.99 Å². The number of aromatic hydroxyl groups is 1. The summed E-state index contributed by atoms with van der Waals surface area (Å²) in [4.78, 5) is 3.20. The maximum atomic E-state index is 11.8. The fraction of sp³-hybridized carbons (Fsp3) is 0.300. The summed E-state index contributed by atoms with van der Waals surface area (Å²) in [5.74, 6) is -0.221. The molecule has 1 aromatic rings. The van der Waals surface area contributed by atoms with Gasteiger partial charge in [-0.15, -0.1) is 0 Å². The Balaban J connectivity index is 0.000000873. The molecular weight excluding hydrogens is 551 g/mol. The van der Waals surface area contributed by atoms with Gasteiger partial charge in [0.2, 0.25) is 0 Å². The van der Waals surface area contributed by atoms with Gasteiger partial charge in [-0.1, -0.05) is 6.07 Å². The molecule has 8 heteroatoms. The van der Waals surface area contributed by atoms with E-state index in [1.807, 2.05) is 0 Å². The Morgan fingerprint density at radius 3 is 2.22 bits per heavy atom. The SMILES string of the molecule is Cc1cc(C)c(O)c(N=CC(F)(F)F)c1.[Br][W][Br]. The molecule has 1 N–H and O–H groups in total. The number of aliphatic imine (C=N–C) groups is 1. The second kappa shape index (κ2) is 8.33. The van der Waals surface area contributed by atoms with E-state index >= 15 is 0 Å². The van der Waals surface area contributed by atoms with Crippen molar-refractivity contribution in [1.82, 2.24) is 0 Å². The molecule has 0 atom stereocenters. The summed E-state index contributed by atoms with van der Waals surface area (Å²) in [5.41, 5.74) is 1.19. The quantitative estimate of drug-likeness (QED) is 0.484. The van der Waals surface area contributed by atoms with Crippen molar-refractivity contribution in [3.05, 3.63) is 23.3 Å². The van der Waals surface area contributed by atoms with Crippen LogP contribution in [0, 0.1) is 13.8 Å². The van der Waals surface area contributed by atoms with Crippen LogP contribution in [0.4, 0.5) is 18.9 Å². The van der Waals surface area contributed by atoms with E-state index in [0.717, 1.165) is 5.56 Å². The summed E-state index contributed by atoms with van der Waals surface area (Å²) in [6.07, 6.45) is -4.61. The molecule has 1 rings (SSSR count). The van der Waals surface area contributed by atoms with Gasteiger partial charge in [0, 0.05) is 0 Å². The summed E-state index contributed by atoms with van der Waals surface area (Å²) in [7, 11) is 0. The van der Waals surface area contributed by atoms with Gasteiger partial charge in [0.15, 0.2) is 0 Å². The molecule has 0 aromatic heterocycles. The molecule has 102 valence electrons. The van der Waals surface area contributed by atoms with Crippen molar-refractivity contribution >= 4 is 38.5 Å². The van der Waals surface area contributed by atoms with E-state index < -0.39 is 6.18 Å². The predicted molar refractivity (Wildman–Crippen MR) is 69.6 cm³/mol. The number of rotatable bonds is 1. The average Bonchev–Trinajstić information content (AvgIpc) is 2.21. The molecule has 0 aliphatic carbocycles. The number of benzene rings is 1. The molecule has 0 bridgehead atoms. The van der Waals surface area contributed by atoms with E-state index in [1.165, 1.54) is 6.07 Å². The Morgan fingerprint density at radius 2 is 1.78 bits per heavy atom. The first-order valence-corrected chi connectivity index (χ1v) is 17.3. The van der Waals surface area contributed by atoms with Gasteiger partial charge in [0.25, 0.3) is 0 Å². The number of phenols is 1. The first kappa shape index (κ1) is 18.1. The second-order valence-corrected chi connectivity index (χ2v) is 16.1. The Bertz CT molecular complexity index is 424. The zero-order valence-electron chi connectivity index (χ0n) is 9.42. The molecule has 0 heterocycles. The third-order valence-corrected chi connectivity index (χ3v) is 1.77. The number of nitrogens with zero attached hydrogens (tertiary/aromatic N) is 1. The van der Waals surface area contributed by atoms with Crippen LogP contribution in [-0.2, 0) is 14.5 Å². The molecule has 0 spiro atoms. The monoisotopic (exact) mass is 559 g/mol. The molecular formula is C10H10Br2F3NOW.